The molecule has 1 unspecified atom stereocenters. The molecule has 2 amide bonds. The number of hydrogen-bond acceptors (Lipinski definition) is 4. The first kappa shape index (κ1) is 32.7. The monoisotopic (exact) mass is 635 g/mol. The molecule has 1 N–H and O–H groups in total. The van der Waals surface area contributed by atoms with Crippen LogP contribution in [-0.4, -0.2) is 44.3 Å². The van der Waals surface area contributed by atoms with Gasteiger partial charge in [-0.25, -0.2) is 12.8 Å². The van der Waals surface area contributed by atoms with Crippen LogP contribution in [0, 0.1) is 12.7 Å². The first-order valence-electron chi connectivity index (χ1n) is 14.3. The summed E-state index contributed by atoms with van der Waals surface area (Å²) < 4.78 is 43.9. The number of rotatable bonds is 13. The first-order chi connectivity index (χ1) is 21.1. The third kappa shape index (κ3) is 8.24. The minimum atomic E-state index is -4.40. The molecule has 0 aromatic heterocycles. The van der Waals surface area contributed by atoms with Crippen molar-refractivity contribution in [1.82, 2.24) is 10.2 Å². The fraction of sp³-hybridized carbons (Fsp3) is 0.235. The minimum absolute atomic E-state index is 0.0356. The lowest BCUT2D eigenvalue weighted by atomic mass is 10.0. The number of para-hydroxylation sites is 1. The molecule has 0 aliphatic rings. The summed E-state index contributed by atoms with van der Waals surface area (Å²) in [5, 5.41) is 3.33. The maximum absolute atomic E-state index is 15.2. The van der Waals surface area contributed by atoms with E-state index >= 15 is 4.39 Å². The molecule has 0 fully saturated rings. The number of amides is 2. The van der Waals surface area contributed by atoms with Crippen molar-refractivity contribution in [3.05, 3.63) is 131 Å². The Labute approximate surface area is 263 Å². The molecule has 0 saturated carbocycles. The van der Waals surface area contributed by atoms with Crippen molar-refractivity contribution in [1.29, 1.82) is 0 Å². The summed E-state index contributed by atoms with van der Waals surface area (Å²) in [6.45, 7) is 3.35. The number of carbonyl (C=O) groups excluding carboxylic acids is 2. The Bertz CT molecular complexity index is 1680. The van der Waals surface area contributed by atoms with Gasteiger partial charge in [-0.1, -0.05) is 90.8 Å². The Balaban J connectivity index is 1.80. The molecule has 0 aliphatic carbocycles. The number of nitrogens with one attached hydrogen (secondary N) is 1. The van der Waals surface area contributed by atoms with Crippen molar-refractivity contribution in [2.24, 2.45) is 0 Å². The predicted molar refractivity (Wildman–Crippen MR) is 171 cm³/mol. The van der Waals surface area contributed by atoms with E-state index in [1.165, 1.54) is 35.2 Å². The number of carbonyl (C=O) groups is 2. The maximum Gasteiger partial charge on any atom is 0.264 e. The number of benzene rings is 4. The van der Waals surface area contributed by atoms with Crippen LogP contribution in [0.5, 0.6) is 0 Å². The van der Waals surface area contributed by atoms with Gasteiger partial charge in [-0.2, -0.15) is 0 Å². The third-order valence-corrected chi connectivity index (χ3v) is 9.08. The largest absolute Gasteiger partial charge is 0.354 e. The minimum Gasteiger partial charge on any atom is -0.354 e. The molecule has 10 heteroatoms. The summed E-state index contributed by atoms with van der Waals surface area (Å²) in [4.78, 5) is 29.3. The summed E-state index contributed by atoms with van der Waals surface area (Å²) in [5.74, 6) is -1.87. The van der Waals surface area contributed by atoms with Crippen LogP contribution >= 0.6 is 11.6 Å². The topological polar surface area (TPSA) is 86.8 Å². The Morgan fingerprint density at radius 3 is 2.20 bits per heavy atom. The maximum atomic E-state index is 15.2. The van der Waals surface area contributed by atoms with Gasteiger partial charge < -0.3 is 10.2 Å². The number of sulfonamides is 1. The molecule has 0 heterocycles. The van der Waals surface area contributed by atoms with E-state index in [2.05, 4.69) is 5.32 Å². The Morgan fingerprint density at radius 2 is 1.55 bits per heavy atom. The number of nitrogens with zero attached hydrogens (tertiary/aromatic N) is 2. The fourth-order valence-electron chi connectivity index (χ4n) is 4.76. The number of halogens is 2. The van der Waals surface area contributed by atoms with E-state index in [0.29, 0.717) is 23.6 Å². The van der Waals surface area contributed by atoms with Crippen molar-refractivity contribution >= 4 is 39.1 Å². The van der Waals surface area contributed by atoms with Crippen molar-refractivity contribution in [3.63, 3.8) is 0 Å². The summed E-state index contributed by atoms with van der Waals surface area (Å²) in [7, 11) is -4.40. The standard InChI is InChI=1S/C34H35ClFN3O4S/c1-3-20-37-34(41)32(22-26-10-5-4-6-11-26)38(23-27-12-9-13-28(35)21-27)33(40)24-39(31-15-8-7-14-30(31)36)44(42,43)29-18-16-25(2)17-19-29/h4-19,21,32H,3,20,22-24H2,1-2H3,(H,37,41). The summed E-state index contributed by atoms with van der Waals surface area (Å²) >= 11 is 6.26. The highest BCUT2D eigenvalue weighted by molar-refractivity contribution is 7.92. The van der Waals surface area contributed by atoms with E-state index in [4.69, 9.17) is 11.6 Å². The zero-order valence-electron chi connectivity index (χ0n) is 24.6. The molecule has 0 aliphatic heterocycles. The lowest BCUT2D eigenvalue weighted by Gasteiger charge is -2.34. The van der Waals surface area contributed by atoms with E-state index in [1.54, 1.807) is 36.4 Å². The van der Waals surface area contributed by atoms with Crippen LogP contribution in [0.25, 0.3) is 0 Å². The predicted octanol–water partition coefficient (Wildman–Crippen LogP) is 6.15. The summed E-state index contributed by atoms with van der Waals surface area (Å²) in [6, 6.07) is 26.6. The van der Waals surface area contributed by atoms with Crippen LogP contribution in [-0.2, 0) is 32.6 Å². The SMILES string of the molecule is CCCNC(=O)C(Cc1ccccc1)N(Cc1cccc(Cl)c1)C(=O)CN(c1ccccc1F)S(=O)(=O)c1ccc(C)cc1. The average molecular weight is 636 g/mol. The molecular weight excluding hydrogens is 601 g/mol. The number of hydrogen-bond donors (Lipinski definition) is 1. The lowest BCUT2D eigenvalue weighted by molar-refractivity contribution is -0.140. The molecule has 7 nitrogen and oxygen atoms in total. The van der Waals surface area contributed by atoms with Crippen LogP contribution in [0.15, 0.2) is 108 Å². The Morgan fingerprint density at radius 1 is 0.886 bits per heavy atom. The first-order valence-corrected chi connectivity index (χ1v) is 16.1. The van der Waals surface area contributed by atoms with Crippen molar-refractivity contribution in [2.45, 2.75) is 44.2 Å². The number of anilines is 1. The Hall–Kier alpha value is -4.21. The van der Waals surface area contributed by atoms with Gasteiger partial charge in [0.15, 0.2) is 0 Å². The second kappa shape index (κ2) is 15.0. The van der Waals surface area contributed by atoms with Crippen molar-refractivity contribution in [2.75, 3.05) is 17.4 Å². The molecule has 0 bridgehead atoms. The molecule has 1 atom stereocenters. The van der Waals surface area contributed by atoms with Crippen molar-refractivity contribution < 1.29 is 22.4 Å². The smallest absolute Gasteiger partial charge is 0.264 e. The van der Waals surface area contributed by atoms with Gasteiger partial charge >= 0.3 is 0 Å². The molecule has 0 radical (unpaired) electrons. The van der Waals surface area contributed by atoms with Gasteiger partial charge in [0.25, 0.3) is 10.0 Å². The van der Waals surface area contributed by atoms with E-state index in [0.717, 1.165) is 21.5 Å². The zero-order valence-corrected chi connectivity index (χ0v) is 26.2. The highest BCUT2D eigenvalue weighted by Crippen LogP contribution is 2.27. The normalized spacial score (nSPS) is 11.9. The van der Waals surface area contributed by atoms with Gasteiger partial charge in [0.2, 0.25) is 11.8 Å². The third-order valence-electron chi connectivity index (χ3n) is 7.07. The molecule has 4 aromatic rings. The van der Waals surface area contributed by atoms with Gasteiger partial charge in [-0.3, -0.25) is 13.9 Å². The van der Waals surface area contributed by atoms with Crippen LogP contribution in [0.1, 0.15) is 30.0 Å². The van der Waals surface area contributed by atoms with E-state index in [1.807, 2.05) is 44.2 Å². The summed E-state index contributed by atoms with van der Waals surface area (Å²) in [6.07, 6.45) is 0.856. The average Bonchev–Trinajstić information content (AvgIpc) is 3.01. The van der Waals surface area contributed by atoms with Gasteiger partial charge in [-0.05, 0) is 60.9 Å². The van der Waals surface area contributed by atoms with Gasteiger partial charge in [0, 0.05) is 24.5 Å². The molecule has 0 spiro atoms. The number of aryl methyl sites for hydroxylation is 1. The molecule has 4 rings (SSSR count). The quantitative estimate of drug-likeness (QED) is 0.191. The van der Waals surface area contributed by atoms with Crippen LogP contribution in [0.2, 0.25) is 5.02 Å². The van der Waals surface area contributed by atoms with Crippen LogP contribution < -0.4 is 9.62 Å². The molecular formula is C34H35ClFN3O4S. The second-order valence-corrected chi connectivity index (χ2v) is 12.7. The van der Waals surface area contributed by atoms with Gasteiger partial charge in [0.1, 0.15) is 18.4 Å². The highest BCUT2D eigenvalue weighted by atomic mass is 35.5. The van der Waals surface area contributed by atoms with E-state index in [-0.39, 0.29) is 29.5 Å². The lowest BCUT2D eigenvalue weighted by Crippen LogP contribution is -2.53. The molecule has 0 saturated heterocycles. The molecule has 4 aromatic carbocycles. The second-order valence-electron chi connectivity index (χ2n) is 10.4. The molecule has 230 valence electrons. The fourth-order valence-corrected chi connectivity index (χ4v) is 6.39. The highest BCUT2D eigenvalue weighted by Gasteiger charge is 2.35. The van der Waals surface area contributed by atoms with E-state index in [9.17, 15) is 18.0 Å². The Kier molecular flexibility index (Phi) is 11.1. The van der Waals surface area contributed by atoms with Gasteiger partial charge in [0.05, 0.1) is 10.6 Å². The zero-order chi connectivity index (χ0) is 31.7. The van der Waals surface area contributed by atoms with E-state index < -0.39 is 34.3 Å². The van der Waals surface area contributed by atoms with Crippen LogP contribution in [0.4, 0.5) is 10.1 Å². The van der Waals surface area contributed by atoms with Crippen molar-refractivity contribution in [3.8, 4) is 0 Å². The summed E-state index contributed by atoms with van der Waals surface area (Å²) in [5.41, 5.74) is 2.02. The van der Waals surface area contributed by atoms with Gasteiger partial charge in [-0.15, -0.1) is 0 Å². The molecule has 44 heavy (non-hydrogen) atoms. The van der Waals surface area contributed by atoms with Crippen LogP contribution in [0.3, 0.4) is 0 Å².